The smallest absolute Gasteiger partial charge is 0.345 e. The first-order valence-corrected chi connectivity index (χ1v) is 8.45. The van der Waals surface area contributed by atoms with Crippen molar-refractivity contribution in [1.29, 1.82) is 0 Å². The summed E-state index contributed by atoms with van der Waals surface area (Å²) in [6.45, 7) is 0. The summed E-state index contributed by atoms with van der Waals surface area (Å²) in [4.78, 5) is 11.7. The Labute approximate surface area is 156 Å². The molecule has 4 nitrogen and oxygen atoms in total. The second-order valence-corrected chi connectivity index (χ2v) is 6.07. The van der Waals surface area contributed by atoms with E-state index in [0.717, 1.165) is 0 Å². The van der Waals surface area contributed by atoms with Crippen molar-refractivity contribution in [3.8, 4) is 17.2 Å². The minimum atomic E-state index is -1.06. The molecule has 0 bridgehead atoms. The molecule has 0 amide bonds. The van der Waals surface area contributed by atoms with Gasteiger partial charge in [0, 0.05) is 17.0 Å². The SMILES string of the molecule is O=C(O)C(Cc1cc(Cl)ccc1Oc1ccccc1)Oc1ccccc1. The monoisotopic (exact) mass is 368 g/mol. The van der Waals surface area contributed by atoms with E-state index in [1.807, 2.05) is 36.4 Å². The Balaban J connectivity index is 1.84. The third-order valence-electron chi connectivity index (χ3n) is 3.70. The van der Waals surface area contributed by atoms with Crippen LogP contribution in [0.3, 0.4) is 0 Å². The van der Waals surface area contributed by atoms with Gasteiger partial charge in [-0.3, -0.25) is 0 Å². The van der Waals surface area contributed by atoms with Gasteiger partial charge in [-0.25, -0.2) is 4.79 Å². The quantitative estimate of drug-likeness (QED) is 0.622. The highest BCUT2D eigenvalue weighted by molar-refractivity contribution is 6.30. The molecule has 0 fully saturated rings. The van der Waals surface area contributed by atoms with Crippen molar-refractivity contribution in [2.75, 3.05) is 0 Å². The molecule has 1 unspecified atom stereocenters. The molecule has 0 saturated heterocycles. The van der Waals surface area contributed by atoms with E-state index in [9.17, 15) is 9.90 Å². The van der Waals surface area contributed by atoms with E-state index in [-0.39, 0.29) is 6.42 Å². The van der Waals surface area contributed by atoms with Crippen molar-refractivity contribution in [3.63, 3.8) is 0 Å². The number of aliphatic carboxylic acids is 1. The molecule has 3 rings (SSSR count). The average molecular weight is 369 g/mol. The Bertz CT molecular complexity index is 866. The minimum absolute atomic E-state index is 0.118. The molecule has 0 radical (unpaired) electrons. The van der Waals surface area contributed by atoms with Gasteiger partial charge in [0.25, 0.3) is 0 Å². The molecule has 132 valence electrons. The zero-order valence-corrected chi connectivity index (χ0v) is 14.6. The topological polar surface area (TPSA) is 55.8 Å². The summed E-state index contributed by atoms with van der Waals surface area (Å²) >= 11 is 6.10. The number of carbonyl (C=O) groups is 1. The number of carboxylic acid groups (broad SMARTS) is 1. The third kappa shape index (κ3) is 4.77. The molecule has 0 saturated carbocycles. The van der Waals surface area contributed by atoms with Crippen LogP contribution in [0.4, 0.5) is 0 Å². The van der Waals surface area contributed by atoms with E-state index >= 15 is 0 Å². The zero-order valence-electron chi connectivity index (χ0n) is 13.8. The maximum atomic E-state index is 11.7. The Morgan fingerprint density at radius 2 is 1.54 bits per heavy atom. The van der Waals surface area contributed by atoms with Gasteiger partial charge in [0.1, 0.15) is 17.2 Å². The highest BCUT2D eigenvalue weighted by atomic mass is 35.5. The number of benzene rings is 3. The first-order valence-electron chi connectivity index (χ1n) is 8.07. The Morgan fingerprint density at radius 1 is 0.923 bits per heavy atom. The van der Waals surface area contributed by atoms with Gasteiger partial charge in [0.2, 0.25) is 0 Å². The molecule has 3 aromatic carbocycles. The van der Waals surface area contributed by atoms with Gasteiger partial charge in [0.15, 0.2) is 6.10 Å². The summed E-state index contributed by atoms with van der Waals surface area (Å²) in [5.74, 6) is 0.641. The largest absolute Gasteiger partial charge is 0.478 e. The van der Waals surface area contributed by atoms with Crippen molar-refractivity contribution >= 4 is 17.6 Å². The summed E-state index contributed by atoms with van der Waals surface area (Å²) in [6, 6.07) is 23.3. The maximum Gasteiger partial charge on any atom is 0.345 e. The van der Waals surface area contributed by atoms with E-state index in [4.69, 9.17) is 21.1 Å². The van der Waals surface area contributed by atoms with Crippen molar-refractivity contribution in [2.24, 2.45) is 0 Å². The van der Waals surface area contributed by atoms with E-state index in [1.54, 1.807) is 42.5 Å². The van der Waals surface area contributed by atoms with Gasteiger partial charge in [-0.15, -0.1) is 0 Å². The van der Waals surface area contributed by atoms with Crippen LogP contribution in [-0.2, 0) is 11.2 Å². The van der Waals surface area contributed by atoms with Crippen LogP contribution in [0.2, 0.25) is 5.02 Å². The standard InChI is InChI=1S/C21H17ClO4/c22-16-11-12-19(25-17-7-3-1-4-8-17)15(13-16)14-20(21(23)24)26-18-9-5-2-6-10-18/h1-13,20H,14H2,(H,23,24). The molecule has 3 aromatic rings. The Kier molecular flexibility index (Phi) is 5.77. The lowest BCUT2D eigenvalue weighted by atomic mass is 10.1. The molecular formula is C21H17ClO4. The maximum absolute atomic E-state index is 11.7. The van der Waals surface area contributed by atoms with E-state index in [2.05, 4.69) is 0 Å². The first-order chi connectivity index (χ1) is 12.6. The van der Waals surface area contributed by atoms with Gasteiger partial charge in [0.05, 0.1) is 0 Å². The molecule has 0 aliphatic heterocycles. The number of para-hydroxylation sites is 2. The Morgan fingerprint density at radius 3 is 2.15 bits per heavy atom. The van der Waals surface area contributed by atoms with Crippen LogP contribution in [0, 0.1) is 0 Å². The summed E-state index contributed by atoms with van der Waals surface area (Å²) in [7, 11) is 0. The van der Waals surface area contributed by atoms with Gasteiger partial charge in [-0.1, -0.05) is 48.0 Å². The molecule has 1 atom stereocenters. The second kappa shape index (κ2) is 8.41. The van der Waals surface area contributed by atoms with E-state index in [0.29, 0.717) is 27.8 Å². The normalized spacial score (nSPS) is 11.6. The van der Waals surface area contributed by atoms with Crippen LogP contribution >= 0.6 is 11.6 Å². The van der Waals surface area contributed by atoms with E-state index < -0.39 is 12.1 Å². The number of carboxylic acids is 1. The summed E-state index contributed by atoms with van der Waals surface area (Å²) in [6.07, 6.45) is -0.943. The first kappa shape index (κ1) is 17.8. The fraction of sp³-hybridized carbons (Fsp3) is 0.0952. The molecule has 0 aliphatic rings. The lowest BCUT2D eigenvalue weighted by Gasteiger charge is -2.17. The highest BCUT2D eigenvalue weighted by Crippen LogP contribution is 2.29. The molecular weight excluding hydrogens is 352 g/mol. The van der Waals surface area contributed by atoms with Gasteiger partial charge in [-0.05, 0) is 42.5 Å². The van der Waals surface area contributed by atoms with Crippen LogP contribution < -0.4 is 9.47 Å². The number of ether oxygens (including phenoxy) is 2. The fourth-order valence-electron chi connectivity index (χ4n) is 2.47. The lowest BCUT2D eigenvalue weighted by Crippen LogP contribution is -2.29. The predicted molar refractivity (Wildman–Crippen MR) is 100 cm³/mol. The van der Waals surface area contributed by atoms with Crippen molar-refractivity contribution in [3.05, 3.63) is 89.4 Å². The van der Waals surface area contributed by atoms with Crippen LogP contribution in [-0.4, -0.2) is 17.2 Å². The number of rotatable bonds is 7. The average Bonchev–Trinajstić information content (AvgIpc) is 2.65. The van der Waals surface area contributed by atoms with Crippen molar-refractivity contribution in [1.82, 2.24) is 0 Å². The molecule has 26 heavy (non-hydrogen) atoms. The van der Waals surface area contributed by atoms with Gasteiger partial charge >= 0.3 is 5.97 Å². The second-order valence-electron chi connectivity index (χ2n) is 5.63. The van der Waals surface area contributed by atoms with Crippen LogP contribution in [0.25, 0.3) is 0 Å². The predicted octanol–water partition coefficient (Wildman–Crippen LogP) is 5.21. The molecule has 0 aromatic heterocycles. The van der Waals surface area contributed by atoms with Gasteiger partial charge in [-0.2, -0.15) is 0 Å². The third-order valence-corrected chi connectivity index (χ3v) is 3.93. The van der Waals surface area contributed by atoms with Gasteiger partial charge < -0.3 is 14.6 Å². The number of hydrogen-bond donors (Lipinski definition) is 1. The molecule has 0 heterocycles. The lowest BCUT2D eigenvalue weighted by molar-refractivity contribution is -0.145. The number of hydrogen-bond acceptors (Lipinski definition) is 3. The molecule has 1 N–H and O–H groups in total. The molecule has 0 spiro atoms. The van der Waals surface area contributed by atoms with Crippen molar-refractivity contribution < 1.29 is 19.4 Å². The summed E-state index contributed by atoms with van der Waals surface area (Å²) in [5.41, 5.74) is 0.657. The number of halogens is 1. The Hall–Kier alpha value is -2.98. The van der Waals surface area contributed by atoms with Crippen LogP contribution in [0.1, 0.15) is 5.56 Å². The minimum Gasteiger partial charge on any atom is -0.478 e. The zero-order chi connectivity index (χ0) is 18.4. The molecule has 5 heteroatoms. The van der Waals surface area contributed by atoms with Crippen LogP contribution in [0.15, 0.2) is 78.9 Å². The van der Waals surface area contributed by atoms with Crippen molar-refractivity contribution in [2.45, 2.75) is 12.5 Å². The molecule has 0 aliphatic carbocycles. The van der Waals surface area contributed by atoms with Crippen LogP contribution in [0.5, 0.6) is 17.2 Å². The highest BCUT2D eigenvalue weighted by Gasteiger charge is 2.22. The fourth-order valence-corrected chi connectivity index (χ4v) is 2.66. The van der Waals surface area contributed by atoms with E-state index in [1.165, 1.54) is 0 Å². The summed E-state index contributed by atoms with van der Waals surface area (Å²) in [5, 5.41) is 10.1. The summed E-state index contributed by atoms with van der Waals surface area (Å²) < 4.78 is 11.5.